The number of methoxy groups -OCH3 is 1. The molecule has 2 aromatic carbocycles. The molecule has 1 aliphatic heterocycles. The van der Waals surface area contributed by atoms with E-state index in [-0.39, 0.29) is 24.4 Å². The first-order valence-corrected chi connectivity index (χ1v) is 13.0. The van der Waals surface area contributed by atoms with Crippen LogP contribution in [0.4, 0.5) is 5.69 Å². The fourth-order valence-electron chi connectivity index (χ4n) is 4.55. The van der Waals surface area contributed by atoms with Crippen LogP contribution < -0.4 is 15.4 Å². The van der Waals surface area contributed by atoms with E-state index in [0.717, 1.165) is 16.8 Å². The number of aromatic nitrogens is 1. The summed E-state index contributed by atoms with van der Waals surface area (Å²) in [5.41, 5.74) is 3.34. The Kier molecular flexibility index (Phi) is 7.62. The largest absolute Gasteiger partial charge is 0.495 e. The van der Waals surface area contributed by atoms with Crippen molar-refractivity contribution in [2.24, 2.45) is 0 Å². The molecule has 38 heavy (non-hydrogen) atoms. The highest BCUT2D eigenvalue weighted by Crippen LogP contribution is 2.40. The van der Waals surface area contributed by atoms with E-state index < -0.39 is 0 Å². The van der Waals surface area contributed by atoms with Gasteiger partial charge < -0.3 is 24.7 Å². The van der Waals surface area contributed by atoms with Gasteiger partial charge in [0.1, 0.15) is 23.3 Å². The summed E-state index contributed by atoms with van der Waals surface area (Å²) in [5, 5.41) is 7.53. The molecule has 2 N–H and O–H groups in total. The molecule has 9 heteroatoms. The van der Waals surface area contributed by atoms with E-state index in [1.54, 1.807) is 25.4 Å². The number of benzene rings is 2. The summed E-state index contributed by atoms with van der Waals surface area (Å²) in [5.74, 6) is 1.87. The molecular formula is C29H27ClN4O3S. The third-order valence-corrected chi connectivity index (χ3v) is 7.29. The number of ether oxygens (including phenoxy) is 1. The quantitative estimate of drug-likeness (QED) is 0.251. The molecule has 0 spiro atoms. The van der Waals surface area contributed by atoms with Crippen molar-refractivity contribution >= 4 is 40.5 Å². The fourth-order valence-corrected chi connectivity index (χ4v) is 5.06. The van der Waals surface area contributed by atoms with E-state index >= 15 is 0 Å². The normalized spacial score (nSPS) is 16.8. The second kappa shape index (κ2) is 11.2. The van der Waals surface area contributed by atoms with Crippen molar-refractivity contribution in [1.82, 2.24) is 15.2 Å². The number of nitrogens with zero attached hydrogens (tertiary/aromatic N) is 2. The van der Waals surface area contributed by atoms with Crippen molar-refractivity contribution in [1.29, 1.82) is 0 Å². The average Bonchev–Trinajstić information content (AvgIpc) is 3.54. The summed E-state index contributed by atoms with van der Waals surface area (Å²) in [6, 6.07) is 22.3. The molecule has 0 aliphatic carbocycles. The minimum Gasteiger partial charge on any atom is -0.495 e. The highest BCUT2D eigenvalue weighted by molar-refractivity contribution is 7.80. The van der Waals surface area contributed by atoms with Gasteiger partial charge in [-0.3, -0.25) is 9.78 Å². The molecule has 7 nitrogen and oxygen atoms in total. The Hall–Kier alpha value is -3.88. The number of nitrogens with one attached hydrogen (secondary N) is 2. The summed E-state index contributed by atoms with van der Waals surface area (Å²) in [4.78, 5) is 19.4. The van der Waals surface area contributed by atoms with Crippen LogP contribution in [-0.4, -0.2) is 34.6 Å². The average molecular weight is 547 g/mol. The number of hydrogen-bond donors (Lipinski definition) is 2. The Bertz CT molecular complexity index is 1460. The number of carbonyl (C=O) groups is 1. The van der Waals surface area contributed by atoms with Gasteiger partial charge in [0.15, 0.2) is 5.11 Å². The van der Waals surface area contributed by atoms with Crippen molar-refractivity contribution in [3.8, 4) is 17.1 Å². The first kappa shape index (κ1) is 25.8. The van der Waals surface area contributed by atoms with Crippen molar-refractivity contribution in [3.05, 3.63) is 101 Å². The van der Waals surface area contributed by atoms with E-state index in [2.05, 4.69) is 15.6 Å². The number of anilines is 1. The van der Waals surface area contributed by atoms with Crippen molar-refractivity contribution in [3.63, 3.8) is 0 Å². The molecule has 5 rings (SSSR count). The number of aryl methyl sites for hydroxylation is 1. The number of hydrogen-bond acceptors (Lipinski definition) is 5. The Labute approximate surface area is 231 Å². The Morgan fingerprint density at radius 3 is 2.74 bits per heavy atom. The molecule has 1 saturated heterocycles. The fraction of sp³-hybridized carbons (Fsp3) is 0.207. The van der Waals surface area contributed by atoms with Gasteiger partial charge in [-0.15, -0.1) is 0 Å². The third kappa shape index (κ3) is 5.37. The molecule has 194 valence electrons. The molecule has 1 fully saturated rings. The maximum atomic E-state index is 12.9. The number of pyridine rings is 1. The van der Waals surface area contributed by atoms with Crippen LogP contribution in [0.1, 0.15) is 35.5 Å². The third-order valence-electron chi connectivity index (χ3n) is 6.53. The molecular weight excluding hydrogens is 520 g/mol. The lowest BCUT2D eigenvalue weighted by molar-refractivity contribution is -0.116. The van der Waals surface area contributed by atoms with Gasteiger partial charge in [0.25, 0.3) is 0 Å². The summed E-state index contributed by atoms with van der Waals surface area (Å²) >= 11 is 12.1. The number of carbonyl (C=O) groups excluding carboxylic acids is 1. The van der Waals surface area contributed by atoms with Crippen LogP contribution in [0.2, 0.25) is 5.02 Å². The van der Waals surface area contributed by atoms with Crippen LogP contribution in [0.25, 0.3) is 11.3 Å². The van der Waals surface area contributed by atoms with E-state index in [4.69, 9.17) is 33.0 Å². The smallest absolute Gasteiger partial charge is 0.226 e. The Balaban J connectivity index is 1.40. The van der Waals surface area contributed by atoms with Crippen LogP contribution in [0.3, 0.4) is 0 Å². The topological polar surface area (TPSA) is 79.6 Å². The van der Waals surface area contributed by atoms with E-state index in [1.807, 2.05) is 72.5 Å². The van der Waals surface area contributed by atoms with Crippen LogP contribution in [0, 0.1) is 6.92 Å². The van der Waals surface area contributed by atoms with Gasteiger partial charge in [-0.1, -0.05) is 41.9 Å². The molecule has 0 saturated carbocycles. The van der Waals surface area contributed by atoms with Gasteiger partial charge in [-0.2, -0.15) is 0 Å². The highest BCUT2D eigenvalue weighted by atomic mass is 35.5. The SMILES string of the molecule is COc1ccccc1NC(=O)CCN1C(=S)NC(c2ccccn2)C1c1ccc(-c2ccc(C)c(Cl)c2)o1. The van der Waals surface area contributed by atoms with E-state index in [1.165, 1.54) is 0 Å². The van der Waals surface area contributed by atoms with Gasteiger partial charge in [0.05, 0.1) is 24.5 Å². The van der Waals surface area contributed by atoms with Crippen LogP contribution in [-0.2, 0) is 4.79 Å². The minimum atomic E-state index is -0.300. The van der Waals surface area contributed by atoms with Crippen molar-refractivity contribution in [2.45, 2.75) is 25.4 Å². The zero-order valence-corrected chi connectivity index (χ0v) is 22.6. The van der Waals surface area contributed by atoms with E-state index in [0.29, 0.717) is 39.6 Å². The van der Waals surface area contributed by atoms with E-state index in [9.17, 15) is 4.79 Å². The number of furan rings is 1. The zero-order chi connectivity index (χ0) is 26.6. The van der Waals surface area contributed by atoms with Crippen LogP contribution in [0.15, 0.2) is 83.4 Å². The summed E-state index contributed by atoms with van der Waals surface area (Å²) < 4.78 is 11.7. The molecule has 2 unspecified atom stereocenters. The second-order valence-corrected chi connectivity index (χ2v) is 9.78. The number of amides is 1. The summed E-state index contributed by atoms with van der Waals surface area (Å²) in [6.45, 7) is 2.34. The maximum Gasteiger partial charge on any atom is 0.226 e. The zero-order valence-electron chi connectivity index (χ0n) is 21.0. The van der Waals surface area contributed by atoms with Crippen molar-refractivity contribution in [2.75, 3.05) is 19.0 Å². The molecule has 2 aromatic heterocycles. The minimum absolute atomic E-state index is 0.147. The number of rotatable bonds is 8. The lowest BCUT2D eigenvalue weighted by Crippen LogP contribution is -2.32. The number of para-hydroxylation sites is 2. The standard InChI is InChI=1S/C29H27ClN4O3S/c1-18-10-11-19(17-20(18)30)23-12-13-25(37-23)28-27(22-8-5-6-15-31-22)33-29(38)34(28)16-14-26(35)32-21-7-3-4-9-24(21)36-2/h3-13,15,17,27-28H,14,16H2,1-2H3,(H,32,35)(H,33,38). The lowest BCUT2D eigenvalue weighted by atomic mass is 10.0. The van der Waals surface area contributed by atoms with Crippen LogP contribution in [0.5, 0.6) is 5.75 Å². The van der Waals surface area contributed by atoms with Gasteiger partial charge in [0.2, 0.25) is 5.91 Å². The predicted octanol–water partition coefficient (Wildman–Crippen LogP) is 6.31. The summed E-state index contributed by atoms with van der Waals surface area (Å²) in [7, 11) is 1.57. The van der Waals surface area contributed by atoms with Gasteiger partial charge in [0, 0.05) is 29.7 Å². The molecule has 1 aliphatic rings. The molecule has 2 atom stereocenters. The molecule has 0 bridgehead atoms. The number of thiocarbonyl (C=S) groups is 1. The van der Waals surface area contributed by atoms with Crippen LogP contribution >= 0.6 is 23.8 Å². The predicted molar refractivity (Wildman–Crippen MR) is 152 cm³/mol. The van der Waals surface area contributed by atoms with Gasteiger partial charge in [-0.05, 0) is 67.2 Å². The monoisotopic (exact) mass is 546 g/mol. The number of halogens is 1. The van der Waals surface area contributed by atoms with Gasteiger partial charge in [-0.25, -0.2) is 0 Å². The maximum absolute atomic E-state index is 12.9. The molecule has 3 heterocycles. The first-order chi connectivity index (χ1) is 18.4. The highest BCUT2D eigenvalue weighted by Gasteiger charge is 2.41. The summed E-state index contributed by atoms with van der Waals surface area (Å²) in [6.07, 6.45) is 1.97. The Morgan fingerprint density at radius 2 is 1.97 bits per heavy atom. The molecule has 0 radical (unpaired) electrons. The second-order valence-electron chi connectivity index (χ2n) is 8.98. The molecule has 1 amide bonds. The molecule has 4 aromatic rings. The lowest BCUT2D eigenvalue weighted by Gasteiger charge is -2.26. The first-order valence-electron chi connectivity index (χ1n) is 12.2. The Morgan fingerprint density at radius 1 is 1.16 bits per heavy atom. The van der Waals surface area contributed by atoms with Gasteiger partial charge >= 0.3 is 0 Å². The van der Waals surface area contributed by atoms with Crippen molar-refractivity contribution < 1.29 is 13.9 Å².